The van der Waals surface area contributed by atoms with Crippen LogP contribution in [-0.4, -0.2) is 40.4 Å². The SMILES string of the molecule is CC1CCC(Nc2ncc3c(n2)N(C2CCCC2)C(=O)[C@]2(CCNC2=O)C3)CC1. The second-order valence-corrected chi connectivity index (χ2v) is 9.52. The van der Waals surface area contributed by atoms with Crippen molar-refractivity contribution < 1.29 is 9.59 Å². The Morgan fingerprint density at radius 3 is 2.59 bits per heavy atom. The van der Waals surface area contributed by atoms with Crippen LogP contribution in [0.5, 0.6) is 0 Å². The molecule has 1 aromatic rings. The Morgan fingerprint density at radius 2 is 1.90 bits per heavy atom. The summed E-state index contributed by atoms with van der Waals surface area (Å²) in [5.74, 6) is 1.96. The summed E-state index contributed by atoms with van der Waals surface area (Å²) in [4.78, 5) is 37.6. The van der Waals surface area contributed by atoms with Crippen molar-refractivity contribution in [2.75, 3.05) is 16.8 Å². The third kappa shape index (κ3) is 3.19. The van der Waals surface area contributed by atoms with Crippen molar-refractivity contribution in [2.24, 2.45) is 11.3 Å². The van der Waals surface area contributed by atoms with E-state index in [9.17, 15) is 9.59 Å². The van der Waals surface area contributed by atoms with Gasteiger partial charge in [-0.25, -0.2) is 4.98 Å². The van der Waals surface area contributed by atoms with Crippen LogP contribution in [0.15, 0.2) is 6.20 Å². The van der Waals surface area contributed by atoms with E-state index in [1.54, 1.807) is 0 Å². The molecule has 156 valence electrons. The molecule has 2 amide bonds. The number of aromatic nitrogens is 2. The minimum Gasteiger partial charge on any atom is -0.355 e. The predicted octanol–water partition coefficient (Wildman–Crippen LogP) is 2.81. The van der Waals surface area contributed by atoms with Crippen LogP contribution in [0.1, 0.15) is 70.3 Å². The molecule has 2 aliphatic heterocycles. The van der Waals surface area contributed by atoms with Gasteiger partial charge in [-0.1, -0.05) is 19.8 Å². The molecule has 3 fully saturated rings. The van der Waals surface area contributed by atoms with E-state index in [1.807, 2.05) is 11.1 Å². The average molecular weight is 398 g/mol. The van der Waals surface area contributed by atoms with Gasteiger partial charge in [-0.15, -0.1) is 0 Å². The molecule has 1 aromatic heterocycles. The van der Waals surface area contributed by atoms with Crippen molar-refractivity contribution in [3.05, 3.63) is 11.8 Å². The van der Waals surface area contributed by atoms with Gasteiger partial charge in [0.15, 0.2) is 0 Å². The second-order valence-electron chi connectivity index (χ2n) is 9.52. The minimum absolute atomic E-state index is 0.0527. The normalized spacial score (nSPS) is 32.5. The van der Waals surface area contributed by atoms with Crippen molar-refractivity contribution in [1.29, 1.82) is 0 Å². The first-order valence-electron chi connectivity index (χ1n) is 11.3. The summed E-state index contributed by atoms with van der Waals surface area (Å²) in [7, 11) is 0. The van der Waals surface area contributed by atoms with Crippen LogP contribution in [0.2, 0.25) is 0 Å². The number of rotatable bonds is 3. The molecule has 1 atom stereocenters. The van der Waals surface area contributed by atoms with Gasteiger partial charge < -0.3 is 10.6 Å². The Labute approximate surface area is 172 Å². The monoisotopic (exact) mass is 397 g/mol. The van der Waals surface area contributed by atoms with Crippen LogP contribution in [0, 0.1) is 11.3 Å². The van der Waals surface area contributed by atoms with E-state index in [0.717, 1.165) is 55.8 Å². The third-order valence-electron chi connectivity index (χ3n) is 7.50. The van der Waals surface area contributed by atoms with Crippen molar-refractivity contribution in [1.82, 2.24) is 15.3 Å². The van der Waals surface area contributed by atoms with Crippen molar-refractivity contribution in [2.45, 2.75) is 83.2 Å². The summed E-state index contributed by atoms with van der Waals surface area (Å²) < 4.78 is 0. The molecule has 7 heteroatoms. The lowest BCUT2D eigenvalue weighted by molar-refractivity contribution is -0.140. The van der Waals surface area contributed by atoms with Gasteiger partial charge in [0.2, 0.25) is 17.8 Å². The number of carbonyl (C=O) groups excluding carboxylic acids is 2. The fourth-order valence-electron chi connectivity index (χ4n) is 5.66. The Kier molecular flexibility index (Phi) is 4.71. The van der Waals surface area contributed by atoms with Crippen LogP contribution < -0.4 is 15.5 Å². The number of nitrogens with one attached hydrogen (secondary N) is 2. The summed E-state index contributed by atoms with van der Waals surface area (Å²) in [5.41, 5.74) is -0.0377. The number of amides is 2. The molecule has 0 aromatic carbocycles. The smallest absolute Gasteiger partial charge is 0.244 e. The number of hydrogen-bond donors (Lipinski definition) is 2. The molecular weight excluding hydrogens is 366 g/mol. The Balaban J connectivity index is 1.47. The first-order chi connectivity index (χ1) is 14.1. The predicted molar refractivity (Wildman–Crippen MR) is 111 cm³/mol. The summed E-state index contributed by atoms with van der Waals surface area (Å²) in [6, 6.07) is 0.542. The molecule has 1 spiro atoms. The first-order valence-corrected chi connectivity index (χ1v) is 11.3. The molecule has 7 nitrogen and oxygen atoms in total. The largest absolute Gasteiger partial charge is 0.355 e. The summed E-state index contributed by atoms with van der Waals surface area (Å²) in [6.07, 6.45) is 11.8. The molecule has 5 rings (SSSR count). The van der Waals surface area contributed by atoms with Gasteiger partial charge in [0, 0.05) is 36.8 Å². The molecule has 3 heterocycles. The molecule has 29 heavy (non-hydrogen) atoms. The van der Waals surface area contributed by atoms with Crippen molar-refractivity contribution >= 4 is 23.6 Å². The molecule has 0 bridgehead atoms. The van der Waals surface area contributed by atoms with E-state index in [4.69, 9.17) is 4.98 Å². The van der Waals surface area contributed by atoms with E-state index in [1.165, 1.54) is 12.8 Å². The summed E-state index contributed by atoms with van der Waals surface area (Å²) >= 11 is 0. The topological polar surface area (TPSA) is 87.2 Å². The van der Waals surface area contributed by atoms with E-state index < -0.39 is 5.41 Å². The highest BCUT2D eigenvalue weighted by atomic mass is 16.2. The zero-order valence-corrected chi connectivity index (χ0v) is 17.2. The van der Waals surface area contributed by atoms with Gasteiger partial charge in [-0.2, -0.15) is 4.98 Å². The number of hydrogen-bond acceptors (Lipinski definition) is 5. The van der Waals surface area contributed by atoms with Crippen LogP contribution in [0.3, 0.4) is 0 Å². The zero-order chi connectivity index (χ0) is 20.0. The molecule has 1 saturated heterocycles. The Bertz CT molecular complexity index is 813. The average Bonchev–Trinajstić information content (AvgIpc) is 3.36. The van der Waals surface area contributed by atoms with Gasteiger partial charge in [0.05, 0.1) is 0 Å². The second kappa shape index (κ2) is 7.26. The minimum atomic E-state index is -0.965. The standard InChI is InChI=1S/C22H31N5O2/c1-14-6-8-16(9-7-14)25-21-24-13-15-12-22(10-11-23-19(22)28)20(29)27(18(15)26-21)17-4-2-3-5-17/h13-14,16-17H,2-12H2,1H3,(H,23,28)(H,24,25,26)/t14?,16?,22-/m1/s1. The van der Waals surface area contributed by atoms with Gasteiger partial charge >= 0.3 is 0 Å². The van der Waals surface area contributed by atoms with Crippen LogP contribution >= 0.6 is 0 Å². The maximum atomic E-state index is 13.6. The highest BCUT2D eigenvalue weighted by Gasteiger charge is 2.56. The lowest BCUT2D eigenvalue weighted by Crippen LogP contribution is -2.56. The van der Waals surface area contributed by atoms with Crippen LogP contribution in [0.25, 0.3) is 0 Å². The number of nitrogens with zero attached hydrogens (tertiary/aromatic N) is 3. The maximum absolute atomic E-state index is 13.6. The highest BCUT2D eigenvalue weighted by Crippen LogP contribution is 2.44. The highest BCUT2D eigenvalue weighted by molar-refractivity contribution is 6.14. The Morgan fingerprint density at radius 1 is 1.14 bits per heavy atom. The van der Waals surface area contributed by atoms with Gasteiger partial charge in [-0.3, -0.25) is 14.5 Å². The molecule has 0 unspecified atom stereocenters. The molecule has 0 radical (unpaired) electrons. The molecule has 2 saturated carbocycles. The third-order valence-corrected chi connectivity index (χ3v) is 7.50. The van der Waals surface area contributed by atoms with Gasteiger partial charge in [0.25, 0.3) is 0 Å². The lowest BCUT2D eigenvalue weighted by Gasteiger charge is -2.41. The zero-order valence-electron chi connectivity index (χ0n) is 17.2. The summed E-state index contributed by atoms with van der Waals surface area (Å²) in [6.45, 7) is 2.88. The van der Waals surface area contributed by atoms with Crippen LogP contribution in [0.4, 0.5) is 11.8 Å². The van der Waals surface area contributed by atoms with Gasteiger partial charge in [-0.05, 0) is 50.9 Å². The fraction of sp³-hybridized carbons (Fsp3) is 0.727. The van der Waals surface area contributed by atoms with E-state index >= 15 is 0 Å². The van der Waals surface area contributed by atoms with Crippen molar-refractivity contribution in [3.63, 3.8) is 0 Å². The van der Waals surface area contributed by atoms with Crippen LogP contribution in [-0.2, 0) is 16.0 Å². The number of anilines is 2. The molecule has 4 aliphatic rings. The molecular formula is C22H31N5O2. The lowest BCUT2D eigenvalue weighted by atomic mass is 9.76. The van der Waals surface area contributed by atoms with Gasteiger partial charge in [0.1, 0.15) is 11.2 Å². The molecule has 2 N–H and O–H groups in total. The summed E-state index contributed by atoms with van der Waals surface area (Å²) in [5, 5.41) is 6.39. The Hall–Kier alpha value is -2.18. The maximum Gasteiger partial charge on any atom is 0.244 e. The number of carbonyl (C=O) groups is 2. The van der Waals surface area contributed by atoms with E-state index in [0.29, 0.717) is 31.4 Å². The fourth-order valence-corrected chi connectivity index (χ4v) is 5.66. The quantitative estimate of drug-likeness (QED) is 0.766. The van der Waals surface area contributed by atoms with E-state index in [-0.39, 0.29) is 17.9 Å². The first kappa shape index (κ1) is 18.8. The van der Waals surface area contributed by atoms with Crippen molar-refractivity contribution in [3.8, 4) is 0 Å². The number of fused-ring (bicyclic) bond motifs is 1. The van der Waals surface area contributed by atoms with E-state index in [2.05, 4.69) is 22.5 Å². The molecule has 2 aliphatic carbocycles.